The number of nitrogens with one attached hydrogen (secondary N) is 1. The monoisotopic (exact) mass is 234 g/mol. The predicted octanol–water partition coefficient (Wildman–Crippen LogP) is 1.25. The van der Waals surface area contributed by atoms with Crippen molar-refractivity contribution in [2.75, 3.05) is 5.32 Å². The lowest BCUT2D eigenvalue weighted by Crippen LogP contribution is -2.11. The van der Waals surface area contributed by atoms with Crippen molar-refractivity contribution in [3.8, 4) is 0 Å². The number of benzene rings is 1. The molecule has 0 saturated carbocycles. The van der Waals surface area contributed by atoms with Crippen LogP contribution in [-0.4, -0.2) is 16.1 Å². The molecule has 1 amide bonds. The molecule has 0 saturated heterocycles. The van der Waals surface area contributed by atoms with E-state index in [-0.39, 0.29) is 5.91 Å². The first-order valence-corrected chi connectivity index (χ1v) is 5.50. The Hall–Kier alpha value is -1.79. The Labute approximate surface area is 96.3 Å². The molecule has 6 heteroatoms. The molecule has 3 N–H and O–H groups in total. The van der Waals surface area contributed by atoms with E-state index in [2.05, 4.69) is 15.5 Å². The van der Waals surface area contributed by atoms with E-state index in [0.29, 0.717) is 16.6 Å². The van der Waals surface area contributed by atoms with Gasteiger partial charge in [0.1, 0.15) is 5.01 Å². The molecule has 2 aromatic rings. The topological polar surface area (TPSA) is 80.9 Å². The maximum Gasteiger partial charge on any atom is 0.286 e. The van der Waals surface area contributed by atoms with E-state index in [1.165, 1.54) is 11.3 Å². The van der Waals surface area contributed by atoms with Crippen LogP contribution in [0.4, 0.5) is 5.69 Å². The summed E-state index contributed by atoms with van der Waals surface area (Å²) < 4.78 is 0. The van der Waals surface area contributed by atoms with Gasteiger partial charge in [0.25, 0.3) is 5.91 Å². The number of nitrogens with two attached hydrogens (primary N) is 1. The molecule has 0 aliphatic rings. The molecule has 1 aromatic carbocycles. The Morgan fingerprint density at radius 3 is 2.69 bits per heavy atom. The maximum atomic E-state index is 11.7. The Bertz CT molecular complexity index is 483. The van der Waals surface area contributed by atoms with Crippen molar-refractivity contribution in [1.29, 1.82) is 0 Å². The zero-order valence-corrected chi connectivity index (χ0v) is 9.20. The van der Waals surface area contributed by atoms with E-state index in [1.54, 1.807) is 0 Å². The molecule has 0 unspecified atom stereocenters. The minimum absolute atomic E-state index is 0.261. The number of hydrogen-bond acceptors (Lipinski definition) is 5. The molecule has 1 heterocycles. The van der Waals surface area contributed by atoms with Crippen molar-refractivity contribution in [2.45, 2.75) is 6.54 Å². The van der Waals surface area contributed by atoms with Crippen LogP contribution in [0.1, 0.15) is 14.8 Å². The molecular formula is C10H10N4OS. The molecule has 0 atom stereocenters. The Morgan fingerprint density at radius 1 is 1.31 bits per heavy atom. The first-order valence-electron chi connectivity index (χ1n) is 4.68. The van der Waals surface area contributed by atoms with Gasteiger partial charge in [0.15, 0.2) is 0 Å². The summed E-state index contributed by atoms with van der Waals surface area (Å²) in [6, 6.07) is 9.20. The summed E-state index contributed by atoms with van der Waals surface area (Å²) in [7, 11) is 0. The Balaban J connectivity index is 2.09. The molecule has 82 valence electrons. The number of carbonyl (C=O) groups excluding carboxylic acids is 1. The van der Waals surface area contributed by atoms with Crippen LogP contribution in [0, 0.1) is 0 Å². The summed E-state index contributed by atoms with van der Waals surface area (Å²) in [6.45, 7) is 0.302. The van der Waals surface area contributed by atoms with Crippen molar-refractivity contribution in [1.82, 2.24) is 10.2 Å². The van der Waals surface area contributed by atoms with Crippen LogP contribution >= 0.6 is 11.3 Å². The van der Waals surface area contributed by atoms with Crippen molar-refractivity contribution in [2.24, 2.45) is 5.73 Å². The van der Waals surface area contributed by atoms with E-state index in [0.717, 1.165) is 5.69 Å². The van der Waals surface area contributed by atoms with Crippen molar-refractivity contribution in [3.63, 3.8) is 0 Å². The molecule has 0 aliphatic heterocycles. The highest BCUT2D eigenvalue weighted by Crippen LogP contribution is 2.12. The third-order valence-corrected chi connectivity index (χ3v) is 2.81. The number of nitrogens with zero attached hydrogens (tertiary/aromatic N) is 2. The van der Waals surface area contributed by atoms with Gasteiger partial charge in [-0.3, -0.25) is 4.79 Å². The van der Waals surface area contributed by atoms with Crippen LogP contribution in [-0.2, 0) is 6.54 Å². The highest BCUT2D eigenvalue weighted by molar-refractivity contribution is 7.13. The number of aromatic nitrogens is 2. The average Bonchev–Trinajstić information content (AvgIpc) is 2.79. The molecule has 2 rings (SSSR count). The van der Waals surface area contributed by atoms with Crippen molar-refractivity contribution in [3.05, 3.63) is 40.3 Å². The minimum atomic E-state index is -0.261. The molecule has 16 heavy (non-hydrogen) atoms. The predicted molar refractivity (Wildman–Crippen MR) is 62.2 cm³/mol. The maximum absolute atomic E-state index is 11.7. The molecule has 0 aliphatic carbocycles. The lowest BCUT2D eigenvalue weighted by molar-refractivity contribution is 0.102. The van der Waals surface area contributed by atoms with Gasteiger partial charge in [-0.1, -0.05) is 29.5 Å². The second kappa shape index (κ2) is 4.82. The quantitative estimate of drug-likeness (QED) is 0.837. The summed E-state index contributed by atoms with van der Waals surface area (Å²) in [5, 5.41) is 11.2. The number of anilines is 1. The third-order valence-electron chi connectivity index (χ3n) is 1.87. The van der Waals surface area contributed by atoms with Gasteiger partial charge in [-0.2, -0.15) is 0 Å². The fourth-order valence-corrected chi connectivity index (χ4v) is 1.75. The molecule has 5 nitrogen and oxygen atoms in total. The molecule has 1 aromatic heterocycles. The molecule has 0 bridgehead atoms. The van der Waals surface area contributed by atoms with Crippen LogP contribution in [0.2, 0.25) is 0 Å². The standard InChI is InChI=1S/C10H10N4OS/c11-6-8-13-14-10(16-8)9(15)12-7-4-2-1-3-5-7/h1-5H,6,11H2,(H,12,15). The third kappa shape index (κ3) is 2.41. The summed E-state index contributed by atoms with van der Waals surface area (Å²) >= 11 is 1.20. The van der Waals surface area contributed by atoms with Gasteiger partial charge in [-0.15, -0.1) is 10.2 Å². The second-order valence-electron chi connectivity index (χ2n) is 3.03. The highest BCUT2D eigenvalue weighted by atomic mass is 32.1. The van der Waals surface area contributed by atoms with E-state index in [9.17, 15) is 4.79 Å². The van der Waals surface area contributed by atoms with Gasteiger partial charge in [0.05, 0.1) is 0 Å². The van der Waals surface area contributed by atoms with Crippen molar-refractivity contribution >= 4 is 22.9 Å². The normalized spacial score (nSPS) is 10.1. The van der Waals surface area contributed by atoms with Crippen LogP contribution in [0.25, 0.3) is 0 Å². The van der Waals surface area contributed by atoms with E-state index < -0.39 is 0 Å². The largest absolute Gasteiger partial charge is 0.324 e. The summed E-state index contributed by atoms with van der Waals surface area (Å²) in [4.78, 5) is 11.7. The first kappa shape index (κ1) is 10.7. The zero-order valence-electron chi connectivity index (χ0n) is 8.38. The fraction of sp³-hybridized carbons (Fsp3) is 0.100. The molecule has 0 spiro atoms. The smallest absolute Gasteiger partial charge is 0.286 e. The Kier molecular flexibility index (Phi) is 3.23. The van der Waals surface area contributed by atoms with Gasteiger partial charge in [0, 0.05) is 12.2 Å². The second-order valence-corrected chi connectivity index (χ2v) is 4.09. The summed E-state index contributed by atoms with van der Waals surface area (Å²) in [5.41, 5.74) is 6.13. The van der Waals surface area contributed by atoms with E-state index in [4.69, 9.17) is 5.73 Å². The number of carbonyl (C=O) groups is 1. The summed E-state index contributed by atoms with van der Waals surface area (Å²) in [5.74, 6) is -0.261. The van der Waals surface area contributed by atoms with Crippen LogP contribution in [0.3, 0.4) is 0 Å². The average molecular weight is 234 g/mol. The number of amides is 1. The Morgan fingerprint density at radius 2 is 2.06 bits per heavy atom. The molecule has 0 fully saturated rings. The van der Waals surface area contributed by atoms with Gasteiger partial charge in [-0.05, 0) is 12.1 Å². The highest BCUT2D eigenvalue weighted by Gasteiger charge is 2.11. The SMILES string of the molecule is NCc1nnc(C(=O)Nc2ccccc2)s1. The first-order chi connectivity index (χ1) is 7.79. The van der Waals surface area contributed by atoms with Crippen molar-refractivity contribution < 1.29 is 4.79 Å². The minimum Gasteiger partial charge on any atom is -0.324 e. The van der Waals surface area contributed by atoms with Gasteiger partial charge >= 0.3 is 0 Å². The van der Waals surface area contributed by atoms with Crippen LogP contribution < -0.4 is 11.1 Å². The number of hydrogen-bond donors (Lipinski definition) is 2. The number of para-hydroxylation sites is 1. The van der Waals surface area contributed by atoms with Gasteiger partial charge in [-0.25, -0.2) is 0 Å². The summed E-state index contributed by atoms with van der Waals surface area (Å²) in [6.07, 6.45) is 0. The van der Waals surface area contributed by atoms with Crippen LogP contribution in [0.5, 0.6) is 0 Å². The molecular weight excluding hydrogens is 224 g/mol. The number of rotatable bonds is 3. The van der Waals surface area contributed by atoms with Gasteiger partial charge in [0.2, 0.25) is 5.01 Å². The lowest BCUT2D eigenvalue weighted by Gasteiger charge is -2.00. The fourth-order valence-electron chi connectivity index (χ4n) is 1.13. The lowest BCUT2D eigenvalue weighted by atomic mass is 10.3. The van der Waals surface area contributed by atoms with E-state index >= 15 is 0 Å². The van der Waals surface area contributed by atoms with Crippen LogP contribution in [0.15, 0.2) is 30.3 Å². The molecule has 0 radical (unpaired) electrons. The van der Waals surface area contributed by atoms with E-state index in [1.807, 2.05) is 30.3 Å². The zero-order chi connectivity index (χ0) is 11.4. The van der Waals surface area contributed by atoms with Gasteiger partial charge < -0.3 is 11.1 Å².